The molecule has 3 aromatic heterocycles. The number of thiophene rings is 1. The molecule has 8 nitrogen and oxygen atoms in total. The van der Waals surface area contributed by atoms with E-state index in [9.17, 15) is 8.42 Å². The minimum atomic E-state index is -3.62. The van der Waals surface area contributed by atoms with Gasteiger partial charge in [0.1, 0.15) is 0 Å². The Labute approximate surface area is 167 Å². The molecule has 1 atom stereocenters. The molecule has 1 saturated heterocycles. The van der Waals surface area contributed by atoms with E-state index in [0.717, 1.165) is 22.6 Å². The lowest BCUT2D eigenvalue weighted by Crippen LogP contribution is -2.39. The van der Waals surface area contributed by atoms with E-state index < -0.39 is 10.0 Å². The summed E-state index contributed by atoms with van der Waals surface area (Å²) in [6.07, 6.45) is 3.13. The fourth-order valence-electron chi connectivity index (χ4n) is 3.33. The van der Waals surface area contributed by atoms with E-state index in [1.54, 1.807) is 18.3 Å². The number of nitrogens with zero attached hydrogens (tertiary/aromatic N) is 4. The van der Waals surface area contributed by atoms with E-state index in [-0.39, 0.29) is 11.8 Å². The Morgan fingerprint density at radius 3 is 2.82 bits per heavy atom. The van der Waals surface area contributed by atoms with Crippen LogP contribution in [0, 0.1) is 6.92 Å². The molecule has 0 radical (unpaired) electrons. The fourth-order valence-corrected chi connectivity index (χ4v) is 6.38. The molecule has 1 fully saturated rings. The molecule has 4 rings (SSSR count). The van der Waals surface area contributed by atoms with Gasteiger partial charge in [-0.2, -0.15) is 9.29 Å². The summed E-state index contributed by atoms with van der Waals surface area (Å²) in [6.45, 7) is 6.63. The van der Waals surface area contributed by atoms with Crippen molar-refractivity contribution in [2.24, 2.45) is 0 Å². The fraction of sp³-hybridized carbons (Fsp3) is 0.500. The third-order valence-electron chi connectivity index (χ3n) is 4.88. The summed E-state index contributed by atoms with van der Waals surface area (Å²) >= 11 is 1.39. The van der Waals surface area contributed by atoms with Gasteiger partial charge >= 0.3 is 0 Å². The average Bonchev–Trinajstić information content (AvgIpc) is 3.42. The summed E-state index contributed by atoms with van der Waals surface area (Å²) in [7, 11) is -3.62. The number of hydrogen-bond acceptors (Lipinski definition) is 8. The van der Waals surface area contributed by atoms with Crippen LogP contribution in [0.3, 0.4) is 0 Å². The monoisotopic (exact) mass is 422 g/mol. The predicted octanol–water partition coefficient (Wildman–Crippen LogP) is 3.79. The summed E-state index contributed by atoms with van der Waals surface area (Å²) in [5, 5.41) is 7.71. The molecule has 0 amide bonds. The first-order valence-electron chi connectivity index (χ1n) is 9.21. The van der Waals surface area contributed by atoms with Gasteiger partial charge < -0.3 is 9.05 Å². The molecule has 1 aliphatic heterocycles. The normalized spacial score (nSPS) is 18.8. The molecule has 28 heavy (non-hydrogen) atoms. The largest absolute Gasteiger partial charge is 0.355 e. The zero-order valence-corrected chi connectivity index (χ0v) is 17.6. The van der Waals surface area contributed by atoms with Crippen LogP contribution in [-0.4, -0.2) is 41.1 Å². The van der Waals surface area contributed by atoms with Crippen molar-refractivity contribution in [3.05, 3.63) is 34.9 Å². The van der Waals surface area contributed by atoms with Gasteiger partial charge in [0.05, 0.1) is 21.9 Å². The van der Waals surface area contributed by atoms with Crippen LogP contribution in [0.1, 0.15) is 55.1 Å². The van der Waals surface area contributed by atoms with Gasteiger partial charge in [-0.1, -0.05) is 24.2 Å². The van der Waals surface area contributed by atoms with Crippen molar-refractivity contribution in [3.63, 3.8) is 0 Å². The molecule has 10 heteroatoms. The van der Waals surface area contributed by atoms with Crippen molar-refractivity contribution < 1.29 is 17.5 Å². The lowest BCUT2D eigenvalue weighted by Gasteiger charge is -2.30. The van der Waals surface area contributed by atoms with Crippen molar-refractivity contribution in [3.8, 4) is 10.6 Å². The summed E-state index contributed by atoms with van der Waals surface area (Å²) in [5.74, 6) is 1.83. The van der Waals surface area contributed by atoms with Crippen molar-refractivity contribution in [1.82, 2.24) is 19.6 Å². The van der Waals surface area contributed by atoms with Crippen molar-refractivity contribution in [2.75, 3.05) is 13.1 Å². The summed E-state index contributed by atoms with van der Waals surface area (Å²) in [5.41, 5.74) is 0. The number of aryl methyl sites for hydroxylation is 1. The summed E-state index contributed by atoms with van der Waals surface area (Å²) in [4.78, 5) is 6.26. The van der Waals surface area contributed by atoms with Gasteiger partial charge in [-0.3, -0.25) is 0 Å². The highest BCUT2D eigenvalue weighted by Gasteiger charge is 2.35. The topological polar surface area (TPSA) is 102 Å². The Balaban J connectivity index is 1.59. The predicted molar refractivity (Wildman–Crippen MR) is 104 cm³/mol. The lowest BCUT2D eigenvalue weighted by atomic mass is 10.00. The smallest absolute Gasteiger partial charge is 0.244 e. The van der Waals surface area contributed by atoms with Crippen LogP contribution in [0.2, 0.25) is 0 Å². The van der Waals surface area contributed by atoms with Crippen molar-refractivity contribution >= 4 is 21.4 Å². The second-order valence-corrected chi connectivity index (χ2v) is 10.4. The van der Waals surface area contributed by atoms with E-state index in [0.29, 0.717) is 35.5 Å². The molecule has 1 unspecified atom stereocenters. The van der Waals surface area contributed by atoms with Gasteiger partial charge in [-0.25, -0.2) is 8.42 Å². The summed E-state index contributed by atoms with van der Waals surface area (Å²) in [6, 6.07) is 3.39. The molecule has 3 aromatic rings. The highest BCUT2D eigenvalue weighted by Crippen LogP contribution is 2.37. The number of sulfonamides is 1. The van der Waals surface area contributed by atoms with Crippen LogP contribution < -0.4 is 0 Å². The SMILES string of the molecule is Cc1sc(-c2ccno2)cc1S(=O)(=O)N1CCCC(c2nc(C(C)C)no2)C1. The van der Waals surface area contributed by atoms with E-state index in [1.807, 2.05) is 20.8 Å². The van der Waals surface area contributed by atoms with Crippen LogP contribution in [0.5, 0.6) is 0 Å². The standard InChI is InChI=1S/C18H22N4O4S2/c1-11(2)17-20-18(26-21-17)13-5-4-8-22(10-13)28(23,24)16-9-15(27-12(16)3)14-6-7-19-25-14/h6-7,9,11,13H,4-5,8,10H2,1-3H3. The van der Waals surface area contributed by atoms with Crippen molar-refractivity contribution in [1.29, 1.82) is 0 Å². The lowest BCUT2D eigenvalue weighted by molar-refractivity contribution is 0.265. The number of piperidine rings is 1. The average molecular weight is 423 g/mol. The van der Waals surface area contributed by atoms with Crippen LogP contribution in [0.15, 0.2) is 32.3 Å². The van der Waals surface area contributed by atoms with E-state index in [1.165, 1.54) is 15.6 Å². The van der Waals surface area contributed by atoms with Gasteiger partial charge in [-0.15, -0.1) is 11.3 Å². The molecular weight excluding hydrogens is 400 g/mol. The molecule has 0 spiro atoms. The maximum absolute atomic E-state index is 13.3. The second-order valence-electron chi connectivity index (χ2n) is 7.26. The molecule has 0 N–H and O–H groups in total. The zero-order valence-electron chi connectivity index (χ0n) is 16.0. The molecular formula is C18H22N4O4S2. The van der Waals surface area contributed by atoms with E-state index >= 15 is 0 Å². The first-order valence-corrected chi connectivity index (χ1v) is 11.5. The molecule has 150 valence electrons. The first-order chi connectivity index (χ1) is 13.4. The molecule has 1 aliphatic rings. The van der Waals surface area contributed by atoms with Crippen LogP contribution in [0.25, 0.3) is 10.6 Å². The van der Waals surface area contributed by atoms with Crippen LogP contribution in [0.4, 0.5) is 0 Å². The maximum atomic E-state index is 13.3. The van der Waals surface area contributed by atoms with Crippen LogP contribution in [-0.2, 0) is 10.0 Å². The van der Waals surface area contributed by atoms with E-state index in [2.05, 4.69) is 15.3 Å². The highest BCUT2D eigenvalue weighted by molar-refractivity contribution is 7.89. The third-order valence-corrected chi connectivity index (χ3v) is 8.06. The third kappa shape index (κ3) is 3.51. The number of hydrogen-bond donors (Lipinski definition) is 0. The highest BCUT2D eigenvalue weighted by atomic mass is 32.2. The Bertz CT molecular complexity index is 1050. The minimum absolute atomic E-state index is 0.0868. The van der Waals surface area contributed by atoms with Gasteiger partial charge in [0, 0.05) is 30.0 Å². The Kier molecular flexibility index (Phi) is 5.11. The molecule has 0 aliphatic carbocycles. The van der Waals surface area contributed by atoms with Gasteiger partial charge in [0.25, 0.3) is 0 Å². The number of rotatable bonds is 5. The minimum Gasteiger partial charge on any atom is -0.355 e. The second kappa shape index (κ2) is 7.41. The Morgan fingerprint density at radius 1 is 1.32 bits per heavy atom. The van der Waals surface area contributed by atoms with Gasteiger partial charge in [0.15, 0.2) is 11.6 Å². The quantitative estimate of drug-likeness (QED) is 0.616. The Morgan fingerprint density at radius 2 is 2.14 bits per heavy atom. The van der Waals surface area contributed by atoms with Gasteiger partial charge in [0.2, 0.25) is 15.9 Å². The van der Waals surface area contributed by atoms with Gasteiger partial charge in [-0.05, 0) is 25.8 Å². The molecule has 0 bridgehead atoms. The van der Waals surface area contributed by atoms with Crippen molar-refractivity contribution in [2.45, 2.75) is 50.3 Å². The molecule has 4 heterocycles. The molecule has 0 aromatic carbocycles. The first kappa shape index (κ1) is 19.3. The van der Waals surface area contributed by atoms with E-state index in [4.69, 9.17) is 9.05 Å². The maximum Gasteiger partial charge on any atom is 0.244 e. The number of aromatic nitrogens is 3. The summed E-state index contributed by atoms with van der Waals surface area (Å²) < 4.78 is 38.7. The molecule has 0 saturated carbocycles. The van der Waals surface area contributed by atoms with Crippen LogP contribution >= 0.6 is 11.3 Å². The Hall–Kier alpha value is -2.04. The zero-order chi connectivity index (χ0) is 19.9.